The Bertz CT molecular complexity index is 4750. The highest BCUT2D eigenvalue weighted by molar-refractivity contribution is 6.02. The summed E-state index contributed by atoms with van der Waals surface area (Å²) in [5, 5.41) is 107. The van der Waals surface area contributed by atoms with Crippen LogP contribution in [0.3, 0.4) is 0 Å². The molecule has 0 aromatic heterocycles. The fourth-order valence-corrected chi connectivity index (χ4v) is 19.3. The molecule has 6 saturated heterocycles. The normalized spacial score (nSPS) is 19.6. The van der Waals surface area contributed by atoms with Crippen molar-refractivity contribution < 1.29 is 81.8 Å². The van der Waals surface area contributed by atoms with E-state index in [1.165, 1.54) is 29.4 Å². The standard InChI is InChI=1S/C93H159N37O17/c1-5-53(4)70(124-72(132)56(25-10-38-110-88(97)98)116-71(131)55(94)24-9-37-109-87(95)96)79(139)120-60(29-14-42-114-92(105)106)82(142)126-45-17-32-65(126)75(135)119-59(28-13-41-113-91(103)104)83(143)130-49-21-36-69(130)85(145)129-48-20-35-68(129)78(138)122-62(51-54-22-7-6-8-23-54)73(133)123-63(50-52(2)3)84(144)128-47-19-33-66(128)76(136)118-57(26-11-39-111-89(99)100)80(140)125-44-16-31-64(125)74(134)117-58(27-12-40-112-90(101)102)81(141)127-46-18-34-67(127)77(137)121-61(86(146)147)30-15-43-115-93(107)108/h6-8,22-23,52-53,55-70H,5,9-21,24-51,94H2,1-4H3,(H,116,131)(H,117,134)(H,118,136)(H,119,135)(H,120,139)(H,121,137)(H,122,138)(H,123,133)(H,124,132)(H,146,147)(H4,95,96,109)(H4,97,98,110)(H4,99,100,111)(H4,101,102,112)(H4,103,104,113)(H4,105,106,114)(H4,107,108,115)/t53-,55-,56-,57-,58-,59-,60-,61-,62-,63-,64-,65-,66-,67-,68-,69-,70-/m0/s1. The van der Waals surface area contributed by atoms with Crippen LogP contribution in [-0.4, -0.2) is 353 Å². The summed E-state index contributed by atoms with van der Waals surface area (Å²) in [5.41, 5.74) is 45.6. The van der Waals surface area contributed by atoms with E-state index in [0.29, 0.717) is 56.9 Å². The number of carboxylic acid groups (broad SMARTS) is 1. The summed E-state index contributed by atoms with van der Waals surface area (Å²) in [7, 11) is 0. The van der Waals surface area contributed by atoms with Crippen LogP contribution < -0.4 is 131 Å². The number of carbonyl (C=O) groups excluding carboxylic acids is 15. The lowest BCUT2D eigenvalue weighted by Gasteiger charge is -2.34. The van der Waals surface area contributed by atoms with Crippen LogP contribution in [0.2, 0.25) is 0 Å². The molecule has 6 fully saturated rings. The predicted octanol–water partition coefficient (Wildman–Crippen LogP) is -7.11. The van der Waals surface area contributed by atoms with Gasteiger partial charge in [0.2, 0.25) is 88.6 Å². The minimum atomic E-state index is -1.40. The van der Waals surface area contributed by atoms with Gasteiger partial charge in [-0.25, -0.2) is 4.79 Å². The van der Waals surface area contributed by atoms with E-state index in [2.05, 4.69) is 85.1 Å². The molecular weight excluding hydrogens is 1910 g/mol. The Balaban J connectivity index is 1.06. The summed E-state index contributed by atoms with van der Waals surface area (Å²) in [6, 6.07) is -11.6. The van der Waals surface area contributed by atoms with Gasteiger partial charge in [0, 0.05) is 91.5 Å². The Morgan fingerprint density at radius 3 is 0.925 bits per heavy atom. The number of guanidine groups is 7. The molecule has 17 atom stereocenters. The number of nitrogens with two attached hydrogens (primary N) is 8. The predicted molar refractivity (Wildman–Crippen MR) is 545 cm³/mol. The van der Waals surface area contributed by atoms with Gasteiger partial charge in [-0.1, -0.05) is 64.4 Å². The molecule has 147 heavy (non-hydrogen) atoms. The first kappa shape index (κ1) is 120. The molecule has 40 N–H and O–H groups in total. The lowest BCUT2D eigenvalue weighted by molar-refractivity contribution is -0.148. The molecule has 6 aliphatic rings. The molecule has 1 aromatic rings. The van der Waals surface area contributed by atoms with Gasteiger partial charge in [-0.05, 0) is 191 Å². The van der Waals surface area contributed by atoms with Gasteiger partial charge in [0.15, 0.2) is 41.7 Å². The first-order valence-electron chi connectivity index (χ1n) is 51.1. The molecule has 6 heterocycles. The monoisotopic (exact) mass is 2070 g/mol. The number of nitrogens with one attached hydrogen (secondary N) is 23. The number of hydrogen-bond donors (Lipinski definition) is 32. The summed E-state index contributed by atoms with van der Waals surface area (Å²) in [5.74, 6) is -15.3. The molecule has 0 saturated carbocycles. The van der Waals surface area contributed by atoms with Crippen molar-refractivity contribution in [1.29, 1.82) is 37.9 Å². The van der Waals surface area contributed by atoms with E-state index in [1.54, 1.807) is 44.2 Å². The van der Waals surface area contributed by atoms with Gasteiger partial charge in [0.05, 0.1) is 6.04 Å². The van der Waals surface area contributed by atoms with Crippen molar-refractivity contribution in [2.75, 3.05) is 85.1 Å². The van der Waals surface area contributed by atoms with Crippen LogP contribution in [-0.2, 0) is 83.1 Å². The molecule has 7 rings (SSSR count). The third kappa shape index (κ3) is 38.2. The van der Waals surface area contributed by atoms with Crippen LogP contribution in [0.25, 0.3) is 0 Å². The number of amides is 15. The number of benzene rings is 1. The Labute approximate surface area is 855 Å². The Kier molecular flexibility index (Phi) is 49.2. The summed E-state index contributed by atoms with van der Waals surface area (Å²) >= 11 is 0. The molecule has 6 aliphatic heterocycles. The van der Waals surface area contributed by atoms with Crippen molar-refractivity contribution in [2.24, 2.45) is 57.7 Å². The molecule has 818 valence electrons. The van der Waals surface area contributed by atoms with Crippen molar-refractivity contribution in [3.8, 4) is 0 Å². The van der Waals surface area contributed by atoms with E-state index in [4.69, 9.17) is 83.7 Å². The molecule has 54 nitrogen and oxygen atoms in total. The SMILES string of the molecule is CC[C@H](C)[C@H](NC(=O)[C@H](CCCNC(=N)N)NC(=O)[C@@H](N)CCCNC(=N)N)C(=O)N[C@@H](CCCNC(=N)N)C(=O)N1CCC[C@H]1C(=O)N[C@@H](CCCNC(=N)N)C(=O)N1CCC[C@H]1C(=O)N1CCC[C@H]1C(=O)N[C@@H](Cc1ccccc1)C(=O)N[C@@H](CC(C)C)C(=O)N1CCC[C@H]1C(=O)N[C@@H](CCCNC(=N)N)C(=O)N1CCC[C@H]1C(=O)N[C@@H](CCCNC(=N)N)C(=O)N1CCC[C@H]1C(=O)N[C@@H](CCCNC(=N)N)C(=O)O. The minimum absolute atomic E-state index is 0.00200. The number of likely N-dealkylation sites (tertiary alicyclic amines) is 6. The van der Waals surface area contributed by atoms with Crippen LogP contribution in [0.5, 0.6) is 0 Å². The van der Waals surface area contributed by atoms with Crippen LogP contribution in [0.4, 0.5) is 0 Å². The van der Waals surface area contributed by atoms with Gasteiger partial charge >= 0.3 is 5.97 Å². The Morgan fingerprint density at radius 2 is 0.592 bits per heavy atom. The maximum Gasteiger partial charge on any atom is 0.326 e. The van der Waals surface area contributed by atoms with Gasteiger partial charge in [-0.3, -0.25) is 110 Å². The Morgan fingerprint density at radius 1 is 0.327 bits per heavy atom. The van der Waals surface area contributed by atoms with E-state index < -0.39 is 197 Å². The summed E-state index contributed by atoms with van der Waals surface area (Å²) in [6.07, 6.45) is 4.16. The number of carboxylic acids is 1. The zero-order chi connectivity index (χ0) is 108. The van der Waals surface area contributed by atoms with Gasteiger partial charge in [-0.2, -0.15) is 0 Å². The Hall–Kier alpha value is -14.4. The second-order valence-corrected chi connectivity index (χ2v) is 38.6. The fourth-order valence-electron chi connectivity index (χ4n) is 19.3. The van der Waals surface area contributed by atoms with Crippen molar-refractivity contribution in [2.45, 2.75) is 311 Å². The van der Waals surface area contributed by atoms with E-state index in [-0.39, 0.29) is 268 Å². The quantitative estimate of drug-likeness (QED) is 0.0164. The smallest absolute Gasteiger partial charge is 0.326 e. The third-order valence-electron chi connectivity index (χ3n) is 27.0. The maximum atomic E-state index is 15.4. The van der Waals surface area contributed by atoms with Crippen molar-refractivity contribution in [3.63, 3.8) is 0 Å². The van der Waals surface area contributed by atoms with Crippen LogP contribution in [0.15, 0.2) is 30.3 Å². The molecule has 0 radical (unpaired) electrons. The second kappa shape index (κ2) is 60.5. The van der Waals surface area contributed by atoms with E-state index in [0.717, 1.165) is 0 Å². The maximum absolute atomic E-state index is 15.4. The second-order valence-electron chi connectivity index (χ2n) is 38.6. The molecular formula is C93H159N37O17. The summed E-state index contributed by atoms with van der Waals surface area (Å²) < 4.78 is 0. The summed E-state index contributed by atoms with van der Waals surface area (Å²) in [6.45, 7) is 8.24. The molecule has 0 spiro atoms. The zero-order valence-electron chi connectivity index (χ0n) is 84.8. The highest BCUT2D eigenvalue weighted by Crippen LogP contribution is 2.31. The first-order chi connectivity index (χ1) is 69.9. The lowest BCUT2D eigenvalue weighted by atomic mass is 9.96. The van der Waals surface area contributed by atoms with E-state index >= 15 is 43.2 Å². The number of hydrogen-bond acceptors (Lipinski definition) is 24. The van der Waals surface area contributed by atoms with Crippen LogP contribution in [0.1, 0.15) is 213 Å². The first-order valence-corrected chi connectivity index (χ1v) is 51.1. The fraction of sp³-hybridized carbons (Fsp3) is 0.688. The number of aliphatic carboxylic acids is 1. The highest BCUT2D eigenvalue weighted by Gasteiger charge is 2.49. The summed E-state index contributed by atoms with van der Waals surface area (Å²) in [4.78, 5) is 243. The van der Waals surface area contributed by atoms with Crippen molar-refractivity contribution in [1.82, 2.24) is 114 Å². The van der Waals surface area contributed by atoms with Crippen molar-refractivity contribution >= 4 is 136 Å². The van der Waals surface area contributed by atoms with E-state index in [1.807, 2.05) is 13.8 Å². The van der Waals surface area contributed by atoms with Gasteiger partial charge in [0.1, 0.15) is 90.6 Å². The van der Waals surface area contributed by atoms with Gasteiger partial charge < -0.3 is 165 Å². The molecule has 54 heteroatoms. The minimum Gasteiger partial charge on any atom is -0.480 e. The highest BCUT2D eigenvalue weighted by atomic mass is 16.4. The zero-order valence-corrected chi connectivity index (χ0v) is 84.8. The molecule has 0 unspecified atom stereocenters. The van der Waals surface area contributed by atoms with E-state index in [9.17, 15) is 38.7 Å². The third-order valence-corrected chi connectivity index (χ3v) is 27.0. The number of rotatable bonds is 59. The molecule has 0 bridgehead atoms. The average Bonchev–Trinajstić information content (AvgIpc) is 1.66. The molecule has 1 aromatic carbocycles. The average molecular weight is 2070 g/mol. The number of carbonyl (C=O) groups is 16. The van der Waals surface area contributed by atoms with Crippen LogP contribution >= 0.6 is 0 Å². The van der Waals surface area contributed by atoms with Gasteiger partial charge in [-0.15, -0.1) is 0 Å². The largest absolute Gasteiger partial charge is 0.480 e. The van der Waals surface area contributed by atoms with Gasteiger partial charge in [0.25, 0.3) is 0 Å². The van der Waals surface area contributed by atoms with Crippen LogP contribution in [0, 0.1) is 49.7 Å². The van der Waals surface area contributed by atoms with Crippen molar-refractivity contribution in [3.05, 3.63) is 35.9 Å². The lowest BCUT2D eigenvalue weighted by Crippen LogP contribution is -2.61. The number of nitrogens with zero attached hydrogens (tertiary/aromatic N) is 6. The molecule has 0 aliphatic carbocycles. The molecule has 15 amide bonds. The topological polar surface area (TPSA) is 880 Å².